The molecule has 2 N–H and O–H groups in total. The van der Waals surface area contributed by atoms with Crippen LogP contribution in [-0.4, -0.2) is 41.7 Å². The maximum atomic E-state index is 12.5. The quantitative estimate of drug-likeness (QED) is 0.819. The van der Waals surface area contributed by atoms with Gasteiger partial charge in [0.1, 0.15) is 11.3 Å². The van der Waals surface area contributed by atoms with E-state index in [1.165, 1.54) is 0 Å². The molecule has 0 saturated heterocycles. The van der Waals surface area contributed by atoms with Crippen LogP contribution >= 0.6 is 0 Å². The zero-order valence-corrected chi connectivity index (χ0v) is 14.5. The van der Waals surface area contributed by atoms with Crippen molar-refractivity contribution in [2.75, 3.05) is 13.6 Å². The van der Waals surface area contributed by atoms with Crippen LogP contribution in [0.5, 0.6) is 0 Å². The average Bonchev–Trinajstić information content (AvgIpc) is 3.32. The van der Waals surface area contributed by atoms with E-state index in [0.717, 1.165) is 29.6 Å². The smallest absolute Gasteiger partial charge is 0.237 e. The predicted molar refractivity (Wildman–Crippen MR) is 93.6 cm³/mol. The molecule has 2 aromatic rings. The lowest BCUT2D eigenvalue weighted by molar-refractivity contribution is -0.126. The van der Waals surface area contributed by atoms with E-state index in [0.29, 0.717) is 12.5 Å². The second-order valence-corrected chi connectivity index (χ2v) is 6.94. The second-order valence-electron chi connectivity index (χ2n) is 6.94. The van der Waals surface area contributed by atoms with Crippen LogP contribution in [0.3, 0.4) is 0 Å². The van der Waals surface area contributed by atoms with Crippen LogP contribution in [0.1, 0.15) is 38.5 Å². The third kappa shape index (κ3) is 3.79. The predicted octanol–water partition coefficient (Wildman–Crippen LogP) is 2.70. The summed E-state index contributed by atoms with van der Waals surface area (Å²) in [5, 5.41) is 14.1. The number of aliphatic hydroxyl groups excluding tert-OH is 1. The molecule has 0 aliphatic heterocycles. The Morgan fingerprint density at radius 1 is 1.38 bits per heavy atom. The Kier molecular flexibility index (Phi) is 4.92. The second kappa shape index (κ2) is 6.95. The number of hydrogen-bond donors (Lipinski definition) is 2. The lowest BCUT2D eigenvalue weighted by atomic mass is 10.1. The average molecular weight is 330 g/mol. The standard InChI is InChI=1S/C19H26N2O3/c1-12(18-10-15-6-4-5-7-17(15)24-18)20-19(23)13(2)21(3)11-16(22)14-8-9-14/h4-7,10,12-14,16,22H,8-9,11H2,1-3H3,(H,20,23). The molecule has 0 bridgehead atoms. The van der Waals surface area contributed by atoms with Crippen LogP contribution in [0.15, 0.2) is 34.7 Å². The van der Waals surface area contributed by atoms with Crippen molar-refractivity contribution >= 4 is 16.9 Å². The summed E-state index contributed by atoms with van der Waals surface area (Å²) in [6.45, 7) is 4.31. The van der Waals surface area contributed by atoms with E-state index in [4.69, 9.17) is 4.42 Å². The molecule has 1 heterocycles. The fourth-order valence-electron chi connectivity index (χ4n) is 2.90. The number of fused-ring (bicyclic) bond motifs is 1. The monoisotopic (exact) mass is 330 g/mol. The summed E-state index contributed by atoms with van der Waals surface area (Å²) in [4.78, 5) is 14.4. The van der Waals surface area contributed by atoms with Crippen LogP contribution in [0.4, 0.5) is 0 Å². The van der Waals surface area contributed by atoms with Crippen LogP contribution in [0.25, 0.3) is 11.0 Å². The molecule has 24 heavy (non-hydrogen) atoms. The van der Waals surface area contributed by atoms with Crippen molar-refractivity contribution in [2.24, 2.45) is 5.92 Å². The third-order valence-corrected chi connectivity index (χ3v) is 4.91. The van der Waals surface area contributed by atoms with Gasteiger partial charge in [0, 0.05) is 11.9 Å². The van der Waals surface area contributed by atoms with Gasteiger partial charge in [-0.25, -0.2) is 0 Å². The summed E-state index contributed by atoms with van der Waals surface area (Å²) in [5.74, 6) is 1.10. The maximum Gasteiger partial charge on any atom is 0.237 e. The Balaban J connectivity index is 1.58. The van der Waals surface area contributed by atoms with Gasteiger partial charge in [-0.05, 0) is 51.8 Å². The van der Waals surface area contributed by atoms with E-state index in [2.05, 4.69) is 5.32 Å². The zero-order valence-electron chi connectivity index (χ0n) is 14.5. The number of likely N-dealkylation sites (N-methyl/N-ethyl adjacent to an activating group) is 1. The van der Waals surface area contributed by atoms with Gasteiger partial charge >= 0.3 is 0 Å². The van der Waals surface area contributed by atoms with Crippen molar-refractivity contribution in [3.63, 3.8) is 0 Å². The van der Waals surface area contributed by atoms with Crippen LogP contribution < -0.4 is 5.32 Å². The number of nitrogens with zero attached hydrogens (tertiary/aromatic N) is 1. The lowest BCUT2D eigenvalue weighted by Gasteiger charge is -2.27. The number of nitrogens with one attached hydrogen (secondary N) is 1. The Labute approximate surface area is 142 Å². The molecule has 3 unspecified atom stereocenters. The fourth-order valence-corrected chi connectivity index (χ4v) is 2.90. The zero-order chi connectivity index (χ0) is 17.3. The first-order valence-electron chi connectivity index (χ1n) is 8.63. The Bertz CT molecular complexity index is 674. The van der Waals surface area contributed by atoms with Gasteiger partial charge in [0.2, 0.25) is 5.91 Å². The normalized spacial score (nSPS) is 18.5. The number of furan rings is 1. The lowest BCUT2D eigenvalue weighted by Crippen LogP contribution is -2.46. The highest BCUT2D eigenvalue weighted by Crippen LogP contribution is 2.32. The van der Waals surface area contributed by atoms with Gasteiger partial charge in [-0.3, -0.25) is 9.69 Å². The van der Waals surface area contributed by atoms with E-state index in [9.17, 15) is 9.90 Å². The highest BCUT2D eigenvalue weighted by atomic mass is 16.3. The van der Waals surface area contributed by atoms with Gasteiger partial charge in [-0.15, -0.1) is 0 Å². The molecule has 3 rings (SSSR count). The number of benzene rings is 1. The van der Waals surface area contributed by atoms with Crippen LogP contribution in [0, 0.1) is 5.92 Å². The van der Waals surface area contributed by atoms with E-state index >= 15 is 0 Å². The molecule has 1 aliphatic rings. The molecule has 3 atom stereocenters. The van der Waals surface area contributed by atoms with E-state index < -0.39 is 0 Å². The van der Waals surface area contributed by atoms with Crippen molar-refractivity contribution in [2.45, 2.75) is 44.9 Å². The van der Waals surface area contributed by atoms with Crippen molar-refractivity contribution in [1.82, 2.24) is 10.2 Å². The summed E-state index contributed by atoms with van der Waals surface area (Å²) in [7, 11) is 1.88. The number of rotatable bonds is 7. The Morgan fingerprint density at radius 2 is 2.08 bits per heavy atom. The molecule has 0 spiro atoms. The van der Waals surface area contributed by atoms with Gasteiger partial charge in [-0.1, -0.05) is 18.2 Å². The van der Waals surface area contributed by atoms with E-state index in [-0.39, 0.29) is 24.1 Å². The topological polar surface area (TPSA) is 65.7 Å². The van der Waals surface area contributed by atoms with Crippen molar-refractivity contribution in [1.29, 1.82) is 0 Å². The van der Waals surface area contributed by atoms with Crippen molar-refractivity contribution in [3.05, 3.63) is 36.1 Å². The van der Waals surface area contributed by atoms with Crippen LogP contribution in [0.2, 0.25) is 0 Å². The molecule has 130 valence electrons. The first-order chi connectivity index (χ1) is 11.5. The minimum absolute atomic E-state index is 0.0616. The van der Waals surface area contributed by atoms with Crippen LogP contribution in [-0.2, 0) is 4.79 Å². The number of aliphatic hydroxyl groups is 1. The van der Waals surface area contributed by atoms with Crippen molar-refractivity contribution in [3.8, 4) is 0 Å². The van der Waals surface area contributed by atoms with Gasteiger partial charge in [0.25, 0.3) is 0 Å². The highest BCUT2D eigenvalue weighted by Gasteiger charge is 2.32. The molecule has 1 aromatic heterocycles. The van der Waals surface area contributed by atoms with Crippen molar-refractivity contribution < 1.29 is 14.3 Å². The number of carbonyl (C=O) groups excluding carboxylic acids is 1. The first kappa shape index (κ1) is 17.0. The third-order valence-electron chi connectivity index (χ3n) is 4.91. The molecule has 1 saturated carbocycles. The van der Waals surface area contributed by atoms with E-state index in [1.807, 2.05) is 56.1 Å². The highest BCUT2D eigenvalue weighted by molar-refractivity contribution is 5.82. The molecular weight excluding hydrogens is 304 g/mol. The SMILES string of the molecule is CC(NC(=O)C(C)N(C)CC(O)C1CC1)c1cc2ccccc2o1. The fraction of sp³-hybridized carbons (Fsp3) is 0.526. The number of carbonyl (C=O) groups is 1. The first-order valence-corrected chi connectivity index (χ1v) is 8.63. The Morgan fingerprint density at radius 3 is 2.75 bits per heavy atom. The van der Waals surface area contributed by atoms with E-state index in [1.54, 1.807) is 0 Å². The minimum Gasteiger partial charge on any atom is -0.459 e. The summed E-state index contributed by atoms with van der Waals surface area (Å²) in [6, 6.07) is 9.27. The molecule has 1 fully saturated rings. The summed E-state index contributed by atoms with van der Waals surface area (Å²) in [6.07, 6.45) is 1.86. The number of hydrogen-bond acceptors (Lipinski definition) is 4. The molecule has 5 heteroatoms. The van der Waals surface area contributed by atoms with Gasteiger partial charge in [-0.2, -0.15) is 0 Å². The molecule has 5 nitrogen and oxygen atoms in total. The molecule has 1 aromatic carbocycles. The number of para-hydroxylation sites is 1. The largest absolute Gasteiger partial charge is 0.459 e. The molecule has 0 radical (unpaired) electrons. The minimum atomic E-state index is -0.335. The summed E-state index contributed by atoms with van der Waals surface area (Å²) in [5.41, 5.74) is 0.825. The Hall–Kier alpha value is -1.85. The van der Waals surface area contributed by atoms with Gasteiger partial charge in [0.15, 0.2) is 0 Å². The maximum absolute atomic E-state index is 12.5. The summed E-state index contributed by atoms with van der Waals surface area (Å²) < 4.78 is 5.81. The molecule has 1 aliphatic carbocycles. The molecule has 1 amide bonds. The van der Waals surface area contributed by atoms with Gasteiger partial charge < -0.3 is 14.8 Å². The summed E-state index contributed by atoms with van der Waals surface area (Å²) >= 11 is 0. The molecular formula is C19H26N2O3. The van der Waals surface area contributed by atoms with Gasteiger partial charge in [0.05, 0.1) is 18.2 Å². The number of amides is 1.